The SMILES string of the molecule is O=C(c1cn(C[C@@H]2CC(F)(F)CN2C(=O)CCn2ccnc2)nn1)N1CCOCC1. The molecule has 2 aromatic rings. The molecule has 2 saturated heterocycles. The zero-order valence-electron chi connectivity index (χ0n) is 16.4. The summed E-state index contributed by atoms with van der Waals surface area (Å²) in [6, 6.07) is -0.719. The Balaban J connectivity index is 1.39. The third-order valence-corrected chi connectivity index (χ3v) is 5.29. The molecule has 4 heterocycles. The summed E-state index contributed by atoms with van der Waals surface area (Å²) in [5.41, 5.74) is 0.152. The molecule has 0 saturated carbocycles. The lowest BCUT2D eigenvalue weighted by Gasteiger charge is -2.25. The summed E-state index contributed by atoms with van der Waals surface area (Å²) in [6.07, 6.45) is 5.98. The zero-order chi connectivity index (χ0) is 21.1. The van der Waals surface area contributed by atoms with Crippen molar-refractivity contribution in [3.8, 4) is 0 Å². The maximum Gasteiger partial charge on any atom is 0.276 e. The number of alkyl halides is 2. The van der Waals surface area contributed by atoms with Gasteiger partial charge in [-0.05, 0) is 0 Å². The van der Waals surface area contributed by atoms with Gasteiger partial charge in [-0.3, -0.25) is 9.59 Å². The maximum atomic E-state index is 14.1. The van der Waals surface area contributed by atoms with Crippen LogP contribution in [-0.4, -0.2) is 91.0 Å². The molecule has 2 amide bonds. The number of aryl methyl sites for hydroxylation is 1. The van der Waals surface area contributed by atoms with E-state index < -0.39 is 24.9 Å². The van der Waals surface area contributed by atoms with Crippen LogP contribution in [0.25, 0.3) is 0 Å². The van der Waals surface area contributed by atoms with Crippen molar-refractivity contribution >= 4 is 11.8 Å². The smallest absolute Gasteiger partial charge is 0.276 e. The van der Waals surface area contributed by atoms with Gasteiger partial charge in [0.1, 0.15) is 0 Å². The van der Waals surface area contributed by atoms with Crippen molar-refractivity contribution in [2.75, 3.05) is 32.8 Å². The first-order valence-electron chi connectivity index (χ1n) is 9.81. The zero-order valence-corrected chi connectivity index (χ0v) is 16.4. The molecule has 10 nitrogen and oxygen atoms in total. The molecule has 1 atom stereocenters. The molecule has 2 fully saturated rings. The Kier molecular flexibility index (Phi) is 5.75. The summed E-state index contributed by atoms with van der Waals surface area (Å²) in [7, 11) is 0. The van der Waals surface area contributed by atoms with Crippen LogP contribution in [0.5, 0.6) is 0 Å². The van der Waals surface area contributed by atoms with Gasteiger partial charge in [-0.25, -0.2) is 18.4 Å². The Labute approximate surface area is 171 Å². The van der Waals surface area contributed by atoms with Crippen LogP contribution in [0, 0.1) is 0 Å². The molecular formula is C18H23F2N7O3. The summed E-state index contributed by atoms with van der Waals surface area (Å²) >= 11 is 0. The molecule has 0 spiro atoms. The second-order valence-electron chi connectivity index (χ2n) is 7.52. The van der Waals surface area contributed by atoms with E-state index >= 15 is 0 Å². The van der Waals surface area contributed by atoms with E-state index in [9.17, 15) is 18.4 Å². The Morgan fingerprint density at radius 2 is 2.07 bits per heavy atom. The van der Waals surface area contributed by atoms with Gasteiger partial charge >= 0.3 is 0 Å². The Morgan fingerprint density at radius 1 is 1.27 bits per heavy atom. The van der Waals surface area contributed by atoms with Gasteiger partial charge < -0.3 is 19.1 Å². The van der Waals surface area contributed by atoms with E-state index in [4.69, 9.17) is 4.74 Å². The number of hydrogen-bond donors (Lipinski definition) is 0. The van der Waals surface area contributed by atoms with Crippen molar-refractivity contribution in [2.45, 2.75) is 37.9 Å². The molecular weight excluding hydrogens is 400 g/mol. The van der Waals surface area contributed by atoms with Crippen LogP contribution in [0.4, 0.5) is 8.78 Å². The Hall–Kier alpha value is -2.89. The molecule has 12 heteroatoms. The molecule has 0 aliphatic carbocycles. The second-order valence-corrected chi connectivity index (χ2v) is 7.52. The topological polar surface area (TPSA) is 98.4 Å². The summed E-state index contributed by atoms with van der Waals surface area (Å²) in [5, 5.41) is 7.81. The van der Waals surface area contributed by atoms with Crippen LogP contribution >= 0.6 is 0 Å². The minimum atomic E-state index is -2.96. The molecule has 162 valence electrons. The van der Waals surface area contributed by atoms with E-state index in [1.54, 1.807) is 28.2 Å². The monoisotopic (exact) mass is 423 g/mol. The summed E-state index contributed by atoms with van der Waals surface area (Å²) in [4.78, 5) is 31.8. The molecule has 2 aromatic heterocycles. The second kappa shape index (κ2) is 8.46. The highest BCUT2D eigenvalue weighted by atomic mass is 19.3. The van der Waals surface area contributed by atoms with Crippen molar-refractivity contribution < 1.29 is 23.1 Å². The number of nitrogens with zero attached hydrogens (tertiary/aromatic N) is 7. The summed E-state index contributed by atoms with van der Waals surface area (Å²) in [6.45, 7) is 1.68. The average Bonchev–Trinajstić information content (AvgIpc) is 3.47. The summed E-state index contributed by atoms with van der Waals surface area (Å²) in [5.74, 6) is -3.58. The number of aromatic nitrogens is 5. The third-order valence-electron chi connectivity index (χ3n) is 5.29. The molecule has 0 bridgehead atoms. The number of hydrogen-bond acceptors (Lipinski definition) is 6. The van der Waals surface area contributed by atoms with Crippen LogP contribution in [0.1, 0.15) is 23.3 Å². The molecule has 30 heavy (non-hydrogen) atoms. The highest BCUT2D eigenvalue weighted by molar-refractivity contribution is 5.92. The number of carbonyl (C=O) groups is 2. The number of morpholine rings is 1. The normalized spacial score (nSPS) is 21.2. The fourth-order valence-corrected chi connectivity index (χ4v) is 3.77. The third kappa shape index (κ3) is 4.64. The van der Waals surface area contributed by atoms with Gasteiger partial charge in [0, 0.05) is 44.9 Å². The lowest BCUT2D eigenvalue weighted by Crippen LogP contribution is -2.40. The van der Waals surface area contributed by atoms with Crippen molar-refractivity contribution in [1.82, 2.24) is 34.3 Å². The van der Waals surface area contributed by atoms with E-state index in [1.807, 2.05) is 0 Å². The molecule has 4 rings (SSSR count). The number of ether oxygens (including phenoxy) is 1. The number of imidazole rings is 1. The fraction of sp³-hybridized carbons (Fsp3) is 0.611. The number of likely N-dealkylation sites (tertiary alicyclic amines) is 1. The van der Waals surface area contributed by atoms with E-state index in [1.165, 1.54) is 15.8 Å². The standard InChI is InChI=1S/C18H23F2N7O3/c19-18(20)9-14(27(12-18)16(28)1-3-24-4-2-21-13-24)10-26-11-15(22-23-26)17(29)25-5-7-30-8-6-25/h2,4,11,13-14H,1,3,5-10,12H2/t14-/m0/s1. The van der Waals surface area contributed by atoms with E-state index in [0.29, 0.717) is 32.8 Å². The molecule has 2 aliphatic heterocycles. The number of halogens is 2. The van der Waals surface area contributed by atoms with E-state index in [0.717, 1.165) is 0 Å². The predicted octanol–water partition coefficient (Wildman–Crippen LogP) is 0.274. The van der Waals surface area contributed by atoms with Crippen molar-refractivity contribution in [2.24, 2.45) is 0 Å². The quantitative estimate of drug-likeness (QED) is 0.662. The Morgan fingerprint density at radius 3 is 2.80 bits per heavy atom. The predicted molar refractivity (Wildman–Crippen MR) is 98.7 cm³/mol. The lowest BCUT2D eigenvalue weighted by molar-refractivity contribution is -0.133. The fourth-order valence-electron chi connectivity index (χ4n) is 3.77. The molecule has 0 N–H and O–H groups in total. The number of amides is 2. The van der Waals surface area contributed by atoms with Crippen molar-refractivity contribution in [3.05, 3.63) is 30.6 Å². The van der Waals surface area contributed by atoms with E-state index in [2.05, 4.69) is 15.3 Å². The highest BCUT2D eigenvalue weighted by Gasteiger charge is 2.47. The van der Waals surface area contributed by atoms with Crippen LogP contribution in [0.3, 0.4) is 0 Å². The largest absolute Gasteiger partial charge is 0.378 e. The van der Waals surface area contributed by atoms with Crippen LogP contribution < -0.4 is 0 Å². The van der Waals surface area contributed by atoms with Crippen LogP contribution in [0.15, 0.2) is 24.9 Å². The van der Waals surface area contributed by atoms with Crippen LogP contribution in [-0.2, 0) is 22.6 Å². The number of rotatable bonds is 6. The molecule has 2 aliphatic rings. The van der Waals surface area contributed by atoms with Gasteiger partial charge in [-0.1, -0.05) is 5.21 Å². The molecule has 0 radical (unpaired) electrons. The summed E-state index contributed by atoms with van der Waals surface area (Å²) < 4.78 is 36.5. The van der Waals surface area contributed by atoms with E-state index in [-0.39, 0.29) is 30.5 Å². The van der Waals surface area contributed by atoms with Gasteiger partial charge in [0.05, 0.1) is 44.9 Å². The van der Waals surface area contributed by atoms with Gasteiger partial charge in [0.2, 0.25) is 5.91 Å². The van der Waals surface area contributed by atoms with Gasteiger partial charge in [0.25, 0.3) is 11.8 Å². The number of carbonyl (C=O) groups excluding carboxylic acids is 2. The molecule has 0 unspecified atom stereocenters. The Bertz CT molecular complexity index is 880. The molecule has 0 aromatic carbocycles. The highest BCUT2D eigenvalue weighted by Crippen LogP contribution is 2.33. The van der Waals surface area contributed by atoms with Gasteiger partial charge in [-0.2, -0.15) is 0 Å². The average molecular weight is 423 g/mol. The van der Waals surface area contributed by atoms with Crippen LogP contribution in [0.2, 0.25) is 0 Å². The lowest BCUT2D eigenvalue weighted by atomic mass is 10.2. The first-order valence-corrected chi connectivity index (χ1v) is 9.81. The van der Waals surface area contributed by atoms with Crippen molar-refractivity contribution in [1.29, 1.82) is 0 Å². The maximum absolute atomic E-state index is 14.1. The first-order chi connectivity index (χ1) is 14.4. The van der Waals surface area contributed by atoms with Crippen molar-refractivity contribution in [3.63, 3.8) is 0 Å². The minimum Gasteiger partial charge on any atom is -0.378 e. The van der Waals surface area contributed by atoms with Gasteiger partial charge in [0.15, 0.2) is 5.69 Å². The van der Waals surface area contributed by atoms with Gasteiger partial charge in [-0.15, -0.1) is 5.10 Å². The first kappa shape index (κ1) is 20.4. The minimum absolute atomic E-state index is 0.0514.